The third kappa shape index (κ3) is 2.97. The first-order valence-corrected chi connectivity index (χ1v) is 5.93. The van der Waals surface area contributed by atoms with E-state index in [1.165, 1.54) is 0 Å². The number of hydrogen-bond donors (Lipinski definition) is 0. The number of morpholine rings is 1. The molecule has 0 bridgehead atoms. The van der Waals surface area contributed by atoms with Crippen molar-refractivity contribution in [2.24, 2.45) is 0 Å². The summed E-state index contributed by atoms with van der Waals surface area (Å²) in [5.41, 5.74) is 0. The molecule has 1 atom stereocenters. The molecule has 0 amide bonds. The maximum Gasteiger partial charge on any atom is 0.152 e. The van der Waals surface area contributed by atoms with Crippen molar-refractivity contribution in [2.75, 3.05) is 26.3 Å². The third-order valence-corrected chi connectivity index (χ3v) is 2.82. The molecule has 1 aliphatic heterocycles. The van der Waals surface area contributed by atoms with Gasteiger partial charge >= 0.3 is 0 Å². The molecule has 88 valence electrons. The van der Waals surface area contributed by atoms with E-state index in [1.807, 2.05) is 30.3 Å². The lowest BCUT2D eigenvalue weighted by molar-refractivity contribution is -0.0468. The van der Waals surface area contributed by atoms with Crippen molar-refractivity contribution in [3.63, 3.8) is 0 Å². The standard InChI is InChI=1S/C13H19NO2/c1-2-13(14-8-10-15-11-9-14)16-12-6-4-3-5-7-12/h3-7,13H,2,8-11H2,1H3. The van der Waals surface area contributed by atoms with Crippen LogP contribution in [0, 0.1) is 0 Å². The largest absolute Gasteiger partial charge is 0.475 e. The van der Waals surface area contributed by atoms with E-state index >= 15 is 0 Å². The molecule has 0 saturated carbocycles. The molecule has 1 heterocycles. The average molecular weight is 221 g/mol. The Morgan fingerprint density at radius 3 is 2.56 bits per heavy atom. The Balaban J connectivity index is 1.94. The highest BCUT2D eigenvalue weighted by Crippen LogP contribution is 2.15. The van der Waals surface area contributed by atoms with E-state index in [2.05, 4.69) is 11.8 Å². The molecular formula is C13H19NO2. The Labute approximate surface area is 97.0 Å². The SMILES string of the molecule is CCC(Oc1ccccc1)N1CCOCC1. The number of nitrogens with zero attached hydrogens (tertiary/aromatic N) is 1. The van der Waals surface area contributed by atoms with Crippen LogP contribution in [0.2, 0.25) is 0 Å². The summed E-state index contributed by atoms with van der Waals surface area (Å²) in [5.74, 6) is 0.945. The molecule has 3 heteroatoms. The maximum absolute atomic E-state index is 5.97. The van der Waals surface area contributed by atoms with E-state index in [9.17, 15) is 0 Å². The van der Waals surface area contributed by atoms with Crippen molar-refractivity contribution in [1.82, 2.24) is 4.90 Å². The van der Waals surface area contributed by atoms with Crippen LogP contribution in [0.3, 0.4) is 0 Å². The number of ether oxygens (including phenoxy) is 2. The number of benzene rings is 1. The van der Waals surface area contributed by atoms with Gasteiger partial charge in [-0.25, -0.2) is 0 Å². The zero-order valence-electron chi connectivity index (χ0n) is 9.76. The monoisotopic (exact) mass is 221 g/mol. The Morgan fingerprint density at radius 1 is 1.25 bits per heavy atom. The number of hydrogen-bond acceptors (Lipinski definition) is 3. The second kappa shape index (κ2) is 5.87. The normalized spacial score (nSPS) is 19.3. The summed E-state index contributed by atoms with van der Waals surface area (Å²) in [4.78, 5) is 2.34. The minimum absolute atomic E-state index is 0.172. The van der Waals surface area contributed by atoms with Crippen molar-refractivity contribution < 1.29 is 9.47 Å². The van der Waals surface area contributed by atoms with Gasteiger partial charge in [0.05, 0.1) is 13.2 Å². The van der Waals surface area contributed by atoms with Crippen molar-refractivity contribution >= 4 is 0 Å². The Kier molecular flexibility index (Phi) is 4.19. The fourth-order valence-electron chi connectivity index (χ4n) is 1.94. The lowest BCUT2D eigenvalue weighted by Gasteiger charge is -2.33. The average Bonchev–Trinajstić information content (AvgIpc) is 2.38. The summed E-state index contributed by atoms with van der Waals surface area (Å²) in [7, 11) is 0. The summed E-state index contributed by atoms with van der Waals surface area (Å²) in [5, 5.41) is 0. The molecule has 0 N–H and O–H groups in total. The molecule has 2 rings (SSSR count). The molecule has 16 heavy (non-hydrogen) atoms. The highest BCUT2D eigenvalue weighted by molar-refractivity contribution is 5.21. The molecule has 0 aliphatic carbocycles. The Morgan fingerprint density at radius 2 is 1.94 bits per heavy atom. The first-order chi connectivity index (χ1) is 7.90. The molecule has 3 nitrogen and oxygen atoms in total. The van der Waals surface area contributed by atoms with Crippen LogP contribution in [0.4, 0.5) is 0 Å². The molecule has 1 aromatic carbocycles. The van der Waals surface area contributed by atoms with Crippen LogP contribution in [0.5, 0.6) is 5.75 Å². The molecule has 0 radical (unpaired) electrons. The highest BCUT2D eigenvalue weighted by atomic mass is 16.5. The summed E-state index contributed by atoms with van der Waals surface area (Å²) >= 11 is 0. The van der Waals surface area contributed by atoms with Crippen LogP contribution in [0.15, 0.2) is 30.3 Å². The lowest BCUT2D eigenvalue weighted by Crippen LogP contribution is -2.46. The maximum atomic E-state index is 5.97. The van der Waals surface area contributed by atoms with Gasteiger partial charge in [0.15, 0.2) is 6.23 Å². The van der Waals surface area contributed by atoms with E-state index < -0.39 is 0 Å². The highest BCUT2D eigenvalue weighted by Gasteiger charge is 2.20. The zero-order chi connectivity index (χ0) is 11.2. The van der Waals surface area contributed by atoms with Crippen molar-refractivity contribution in [3.05, 3.63) is 30.3 Å². The van der Waals surface area contributed by atoms with E-state index in [1.54, 1.807) is 0 Å². The van der Waals surface area contributed by atoms with Crippen molar-refractivity contribution in [2.45, 2.75) is 19.6 Å². The first kappa shape index (κ1) is 11.4. The quantitative estimate of drug-likeness (QED) is 0.777. The van der Waals surface area contributed by atoms with Crippen molar-refractivity contribution in [3.8, 4) is 5.75 Å². The number of para-hydroxylation sites is 1. The zero-order valence-corrected chi connectivity index (χ0v) is 9.76. The second-order valence-corrected chi connectivity index (χ2v) is 3.94. The summed E-state index contributed by atoms with van der Waals surface area (Å²) < 4.78 is 11.3. The Hall–Kier alpha value is -1.06. The van der Waals surface area contributed by atoms with Gasteiger partial charge in [0.1, 0.15) is 5.75 Å². The van der Waals surface area contributed by atoms with Gasteiger partial charge in [0, 0.05) is 13.1 Å². The van der Waals surface area contributed by atoms with Gasteiger partial charge in [0.25, 0.3) is 0 Å². The van der Waals surface area contributed by atoms with Crippen molar-refractivity contribution in [1.29, 1.82) is 0 Å². The van der Waals surface area contributed by atoms with Gasteiger partial charge in [-0.15, -0.1) is 0 Å². The summed E-state index contributed by atoms with van der Waals surface area (Å²) in [6, 6.07) is 10.0. The molecule has 1 aliphatic rings. The van der Waals surface area contributed by atoms with Gasteiger partial charge in [0.2, 0.25) is 0 Å². The molecule has 1 fully saturated rings. The fourth-order valence-corrected chi connectivity index (χ4v) is 1.94. The van der Waals surface area contributed by atoms with Crippen LogP contribution < -0.4 is 4.74 Å². The van der Waals surface area contributed by atoms with E-state index in [-0.39, 0.29) is 6.23 Å². The van der Waals surface area contributed by atoms with Gasteiger partial charge in [-0.3, -0.25) is 4.90 Å². The van der Waals surface area contributed by atoms with E-state index in [0.717, 1.165) is 38.5 Å². The van der Waals surface area contributed by atoms with Crippen LogP contribution in [0.1, 0.15) is 13.3 Å². The smallest absolute Gasteiger partial charge is 0.152 e. The van der Waals surface area contributed by atoms with Crippen LogP contribution in [0.25, 0.3) is 0 Å². The third-order valence-electron chi connectivity index (χ3n) is 2.82. The van der Waals surface area contributed by atoms with Crippen LogP contribution in [-0.4, -0.2) is 37.4 Å². The minimum atomic E-state index is 0.172. The van der Waals surface area contributed by atoms with Gasteiger partial charge < -0.3 is 9.47 Å². The molecule has 0 aromatic heterocycles. The molecule has 1 aromatic rings. The van der Waals surface area contributed by atoms with Crippen LogP contribution in [-0.2, 0) is 4.74 Å². The molecule has 1 saturated heterocycles. The Bertz CT molecular complexity index is 296. The molecule has 1 unspecified atom stereocenters. The first-order valence-electron chi connectivity index (χ1n) is 5.93. The fraction of sp³-hybridized carbons (Fsp3) is 0.538. The lowest BCUT2D eigenvalue weighted by atomic mass is 10.3. The van der Waals surface area contributed by atoms with Gasteiger partial charge in [-0.05, 0) is 18.6 Å². The predicted octanol–water partition coefficient (Wildman–Crippen LogP) is 2.13. The molecular weight excluding hydrogens is 202 g/mol. The summed E-state index contributed by atoms with van der Waals surface area (Å²) in [6.45, 7) is 5.71. The minimum Gasteiger partial charge on any atom is -0.475 e. The summed E-state index contributed by atoms with van der Waals surface area (Å²) in [6.07, 6.45) is 1.17. The van der Waals surface area contributed by atoms with E-state index in [0.29, 0.717) is 0 Å². The predicted molar refractivity (Wildman–Crippen MR) is 63.5 cm³/mol. The van der Waals surface area contributed by atoms with Gasteiger partial charge in [-0.2, -0.15) is 0 Å². The second-order valence-electron chi connectivity index (χ2n) is 3.94. The van der Waals surface area contributed by atoms with Gasteiger partial charge in [-0.1, -0.05) is 25.1 Å². The van der Waals surface area contributed by atoms with E-state index in [4.69, 9.17) is 9.47 Å². The van der Waals surface area contributed by atoms with Crippen LogP contribution >= 0.6 is 0 Å². The number of rotatable bonds is 4. The topological polar surface area (TPSA) is 21.7 Å². The molecule has 0 spiro atoms.